The molecule has 31 heavy (non-hydrogen) atoms. The average Bonchev–Trinajstić information content (AvgIpc) is 3.29. The second kappa shape index (κ2) is 13.4. The molecule has 0 radical (unpaired) electrons. The zero-order chi connectivity index (χ0) is 21.3. The second-order valence-electron chi connectivity index (χ2n) is 7.90. The van der Waals surface area contributed by atoms with Crippen molar-refractivity contribution >= 4 is 41.3 Å². The van der Waals surface area contributed by atoms with Crippen LogP contribution in [0.25, 0.3) is 0 Å². The Balaban J connectivity index is 0.00000341. The van der Waals surface area contributed by atoms with E-state index < -0.39 is 0 Å². The highest BCUT2D eigenvalue weighted by Crippen LogP contribution is 2.25. The lowest BCUT2D eigenvalue weighted by molar-refractivity contribution is 0.0177. The molecule has 1 aromatic heterocycles. The van der Waals surface area contributed by atoms with E-state index in [0.29, 0.717) is 6.04 Å². The van der Waals surface area contributed by atoms with E-state index >= 15 is 0 Å². The van der Waals surface area contributed by atoms with Crippen molar-refractivity contribution in [1.29, 1.82) is 0 Å². The summed E-state index contributed by atoms with van der Waals surface area (Å²) in [4.78, 5) is 10.6. The SMILES string of the molecule is CN=C(NCC(c1ccc(C)cc1)N(C)C)NCC(c1cccs1)N1CCOCC1.I. The number of hydrogen-bond donors (Lipinski definition) is 2. The van der Waals surface area contributed by atoms with Gasteiger partial charge in [-0.25, -0.2) is 0 Å². The van der Waals surface area contributed by atoms with Crippen molar-refractivity contribution in [2.45, 2.75) is 19.0 Å². The molecule has 8 heteroatoms. The van der Waals surface area contributed by atoms with Gasteiger partial charge in [-0.05, 0) is 38.0 Å². The van der Waals surface area contributed by atoms with Crippen molar-refractivity contribution < 1.29 is 4.74 Å². The lowest BCUT2D eigenvalue weighted by Crippen LogP contribution is -2.47. The van der Waals surface area contributed by atoms with Crippen LogP contribution in [-0.4, -0.2) is 76.3 Å². The molecule has 2 aromatic rings. The number of nitrogens with one attached hydrogen (secondary N) is 2. The summed E-state index contributed by atoms with van der Waals surface area (Å²) in [5.41, 5.74) is 2.59. The van der Waals surface area contributed by atoms with Gasteiger partial charge >= 0.3 is 0 Å². The van der Waals surface area contributed by atoms with Gasteiger partial charge < -0.3 is 20.3 Å². The molecule has 3 rings (SSSR count). The molecule has 1 fully saturated rings. The van der Waals surface area contributed by atoms with Crippen molar-refractivity contribution in [3.8, 4) is 0 Å². The third kappa shape index (κ3) is 7.71. The minimum Gasteiger partial charge on any atom is -0.379 e. The van der Waals surface area contributed by atoms with Gasteiger partial charge in [-0.1, -0.05) is 35.9 Å². The summed E-state index contributed by atoms with van der Waals surface area (Å²) >= 11 is 1.82. The fraction of sp³-hybridized carbons (Fsp3) is 0.522. The van der Waals surface area contributed by atoms with Crippen LogP contribution < -0.4 is 10.6 Å². The Morgan fingerprint density at radius 2 is 1.81 bits per heavy atom. The van der Waals surface area contributed by atoms with Crippen molar-refractivity contribution in [1.82, 2.24) is 20.4 Å². The minimum absolute atomic E-state index is 0. The fourth-order valence-corrected chi connectivity index (χ4v) is 4.64. The molecular formula is C23H36IN5OS. The standard InChI is InChI=1S/C23H35N5OS.HI/c1-18-7-9-19(10-8-18)20(27(3)4)16-25-23(24-2)26-17-21(22-6-5-15-30-22)28-11-13-29-14-12-28;/h5-10,15,20-21H,11-14,16-17H2,1-4H3,(H2,24,25,26);1H. The number of morpholine rings is 1. The number of aryl methyl sites for hydroxylation is 1. The Morgan fingerprint density at radius 3 is 2.39 bits per heavy atom. The first-order valence-corrected chi connectivity index (χ1v) is 11.5. The van der Waals surface area contributed by atoms with Crippen molar-refractivity contribution in [3.63, 3.8) is 0 Å². The smallest absolute Gasteiger partial charge is 0.191 e. The normalized spacial score (nSPS) is 17.1. The van der Waals surface area contributed by atoms with Gasteiger partial charge in [0.25, 0.3) is 0 Å². The van der Waals surface area contributed by atoms with E-state index in [1.54, 1.807) is 0 Å². The molecule has 1 aromatic carbocycles. The summed E-state index contributed by atoms with van der Waals surface area (Å²) in [6.45, 7) is 7.26. The highest BCUT2D eigenvalue weighted by molar-refractivity contribution is 14.0. The van der Waals surface area contributed by atoms with Crippen LogP contribution in [0, 0.1) is 6.92 Å². The summed E-state index contributed by atoms with van der Waals surface area (Å²) in [5.74, 6) is 0.837. The van der Waals surface area contributed by atoms with Gasteiger partial charge in [0.1, 0.15) is 0 Å². The van der Waals surface area contributed by atoms with Crippen molar-refractivity contribution in [3.05, 3.63) is 57.8 Å². The van der Waals surface area contributed by atoms with Crippen LogP contribution in [0.4, 0.5) is 0 Å². The van der Waals surface area contributed by atoms with Gasteiger partial charge in [0.2, 0.25) is 0 Å². The number of thiophene rings is 1. The number of likely N-dealkylation sites (N-methyl/N-ethyl adjacent to an activating group) is 1. The van der Waals surface area contributed by atoms with Crippen LogP contribution in [0.3, 0.4) is 0 Å². The maximum atomic E-state index is 5.55. The molecule has 172 valence electrons. The monoisotopic (exact) mass is 557 g/mol. The van der Waals surface area contributed by atoms with Crippen molar-refractivity contribution in [2.24, 2.45) is 4.99 Å². The van der Waals surface area contributed by atoms with E-state index in [0.717, 1.165) is 45.4 Å². The molecule has 2 atom stereocenters. The van der Waals surface area contributed by atoms with Crippen LogP contribution in [-0.2, 0) is 4.74 Å². The molecule has 0 bridgehead atoms. The molecule has 2 N–H and O–H groups in total. The molecule has 0 amide bonds. The maximum absolute atomic E-state index is 5.55. The maximum Gasteiger partial charge on any atom is 0.191 e. The third-order valence-electron chi connectivity index (χ3n) is 5.59. The van der Waals surface area contributed by atoms with Crippen LogP contribution in [0.15, 0.2) is 46.8 Å². The summed E-state index contributed by atoms with van der Waals surface area (Å²) < 4.78 is 5.55. The number of nitrogens with zero attached hydrogens (tertiary/aromatic N) is 3. The Bertz CT molecular complexity index is 776. The zero-order valence-electron chi connectivity index (χ0n) is 19.0. The Kier molecular flexibility index (Phi) is 11.2. The molecule has 2 heterocycles. The second-order valence-corrected chi connectivity index (χ2v) is 8.88. The van der Waals surface area contributed by atoms with E-state index in [1.807, 2.05) is 18.4 Å². The van der Waals surface area contributed by atoms with Crippen molar-refractivity contribution in [2.75, 3.05) is 60.5 Å². The first kappa shape index (κ1) is 26.1. The molecular weight excluding hydrogens is 521 g/mol. The van der Waals surface area contributed by atoms with Gasteiger partial charge in [0.15, 0.2) is 5.96 Å². The number of halogens is 1. The van der Waals surface area contributed by atoms with Gasteiger partial charge in [0, 0.05) is 38.1 Å². The fourth-order valence-electron chi connectivity index (χ4n) is 3.77. The molecule has 0 spiro atoms. The van der Waals surface area contributed by atoms with Crippen LogP contribution in [0.5, 0.6) is 0 Å². The quantitative estimate of drug-likeness (QED) is 0.296. The predicted molar refractivity (Wildman–Crippen MR) is 142 cm³/mol. The molecule has 2 unspecified atom stereocenters. The van der Waals surface area contributed by atoms with E-state index in [1.165, 1.54) is 16.0 Å². The van der Waals surface area contributed by atoms with Gasteiger partial charge in [-0.15, -0.1) is 35.3 Å². The molecule has 1 aliphatic rings. The molecule has 1 aliphatic heterocycles. The Morgan fingerprint density at radius 1 is 1.13 bits per heavy atom. The van der Waals surface area contributed by atoms with Gasteiger partial charge in [-0.2, -0.15) is 0 Å². The predicted octanol–water partition coefficient (Wildman–Crippen LogP) is 3.52. The Labute approximate surface area is 208 Å². The number of aliphatic imine (C=N–C) groups is 1. The summed E-state index contributed by atoms with van der Waals surface area (Å²) in [7, 11) is 6.07. The molecule has 6 nitrogen and oxygen atoms in total. The zero-order valence-corrected chi connectivity index (χ0v) is 22.2. The summed E-state index contributed by atoms with van der Waals surface area (Å²) in [5, 5.41) is 9.23. The van der Waals surface area contributed by atoms with E-state index in [2.05, 4.69) is 88.2 Å². The average molecular weight is 558 g/mol. The van der Waals surface area contributed by atoms with E-state index in [9.17, 15) is 0 Å². The van der Waals surface area contributed by atoms with Crippen LogP contribution in [0.2, 0.25) is 0 Å². The van der Waals surface area contributed by atoms with E-state index in [4.69, 9.17) is 4.74 Å². The molecule has 0 aliphatic carbocycles. The lowest BCUT2D eigenvalue weighted by atomic mass is 10.0. The largest absolute Gasteiger partial charge is 0.379 e. The van der Waals surface area contributed by atoms with E-state index in [-0.39, 0.29) is 30.0 Å². The van der Waals surface area contributed by atoms with Crippen LogP contribution >= 0.6 is 35.3 Å². The number of rotatable bonds is 8. The molecule has 0 saturated carbocycles. The highest BCUT2D eigenvalue weighted by atomic mass is 127. The van der Waals surface area contributed by atoms with Crippen LogP contribution in [0.1, 0.15) is 28.1 Å². The summed E-state index contributed by atoms with van der Waals surface area (Å²) in [6, 6.07) is 13.7. The lowest BCUT2D eigenvalue weighted by Gasteiger charge is -2.34. The van der Waals surface area contributed by atoms with Gasteiger partial charge in [0.05, 0.1) is 25.3 Å². The third-order valence-corrected chi connectivity index (χ3v) is 6.57. The number of benzene rings is 1. The highest BCUT2D eigenvalue weighted by Gasteiger charge is 2.24. The number of ether oxygens (including phenoxy) is 1. The first-order chi connectivity index (χ1) is 14.6. The number of hydrogen-bond acceptors (Lipinski definition) is 5. The first-order valence-electron chi connectivity index (χ1n) is 10.6. The number of guanidine groups is 1. The topological polar surface area (TPSA) is 52.1 Å². The minimum atomic E-state index is 0. The Hall–Kier alpha value is -1.20. The summed E-state index contributed by atoms with van der Waals surface area (Å²) in [6.07, 6.45) is 0. The van der Waals surface area contributed by atoms with Gasteiger partial charge in [-0.3, -0.25) is 9.89 Å². The molecule has 1 saturated heterocycles.